The van der Waals surface area contributed by atoms with E-state index in [1.54, 1.807) is 0 Å². The molecule has 1 aromatic rings. The Labute approximate surface area is 129 Å². The van der Waals surface area contributed by atoms with Crippen molar-refractivity contribution in [3.63, 3.8) is 0 Å². The van der Waals surface area contributed by atoms with Crippen molar-refractivity contribution in [3.8, 4) is 0 Å². The molecule has 2 rings (SSSR count). The van der Waals surface area contributed by atoms with Gasteiger partial charge >= 0.3 is 0 Å². The van der Waals surface area contributed by atoms with E-state index in [1.165, 1.54) is 36.2 Å². The van der Waals surface area contributed by atoms with Crippen LogP contribution in [-0.2, 0) is 10.5 Å². The number of ketones is 1. The summed E-state index contributed by atoms with van der Waals surface area (Å²) in [7, 11) is 0. The van der Waals surface area contributed by atoms with Crippen LogP contribution in [0.5, 0.6) is 0 Å². The van der Waals surface area contributed by atoms with Crippen molar-refractivity contribution >= 4 is 28.9 Å². The van der Waals surface area contributed by atoms with Crippen molar-refractivity contribution in [2.75, 3.05) is 6.61 Å². The molecule has 5 atom stereocenters. The number of carbonyl (C=O) groups excluding carboxylic acids is 1. The third-order valence-electron chi connectivity index (χ3n) is 3.12. The van der Waals surface area contributed by atoms with E-state index in [0.717, 1.165) is 0 Å². The number of nitrogens with zero attached hydrogens (tertiary/aromatic N) is 1. The summed E-state index contributed by atoms with van der Waals surface area (Å²) in [6.07, 6.45) is -3.41. The summed E-state index contributed by atoms with van der Waals surface area (Å²) in [5.74, 6) is 0.331. The molecule has 0 aliphatic carbocycles. The molecule has 0 saturated carbocycles. The van der Waals surface area contributed by atoms with Gasteiger partial charge in [-0.2, -0.15) is 0 Å². The van der Waals surface area contributed by atoms with Crippen LogP contribution in [0.2, 0.25) is 0 Å². The molecule has 0 bridgehead atoms. The number of aliphatic hydroxyl groups excluding tert-OH is 4. The maximum absolute atomic E-state index is 11.2. The molecule has 1 aliphatic rings. The normalized spacial score (nSPS) is 33.1. The highest BCUT2D eigenvalue weighted by Crippen LogP contribution is 2.31. The number of aromatic nitrogens is 1. The number of ether oxygens (including phenoxy) is 1. The zero-order valence-electron chi connectivity index (χ0n) is 11.2. The molecule has 1 saturated heterocycles. The molecule has 21 heavy (non-hydrogen) atoms. The van der Waals surface area contributed by atoms with Crippen molar-refractivity contribution in [2.24, 2.45) is 0 Å². The fraction of sp³-hybridized carbons (Fsp3) is 0.667. The molecule has 0 spiro atoms. The zero-order valence-corrected chi connectivity index (χ0v) is 12.9. The van der Waals surface area contributed by atoms with Crippen LogP contribution in [0.3, 0.4) is 0 Å². The SMILES string of the molecule is CC(=O)c1cnc(CS[C@H]2O[C@H](CO)[C@@H](O)[C@H](O)[C@@H]2O)s1. The van der Waals surface area contributed by atoms with Crippen LogP contribution >= 0.6 is 23.1 Å². The van der Waals surface area contributed by atoms with Gasteiger partial charge in [-0.15, -0.1) is 23.1 Å². The summed E-state index contributed by atoms with van der Waals surface area (Å²) >= 11 is 2.45. The predicted octanol–water partition coefficient (Wildman–Crippen LogP) is -0.621. The van der Waals surface area contributed by atoms with Crippen molar-refractivity contribution < 1.29 is 30.0 Å². The maximum Gasteiger partial charge on any atom is 0.171 e. The highest BCUT2D eigenvalue weighted by Gasteiger charge is 2.43. The van der Waals surface area contributed by atoms with E-state index in [9.17, 15) is 20.1 Å². The van der Waals surface area contributed by atoms with Gasteiger partial charge in [-0.1, -0.05) is 0 Å². The molecule has 0 amide bonds. The first-order chi connectivity index (χ1) is 9.93. The Kier molecular flexibility index (Phi) is 5.72. The minimum atomic E-state index is -1.38. The lowest BCUT2D eigenvalue weighted by molar-refractivity contribution is -0.205. The molecule has 9 heteroatoms. The standard InChI is InChI=1S/C12H17NO6S2/c1-5(15)7-2-13-8(21-7)4-20-12-11(18)10(17)9(16)6(3-14)19-12/h2,6,9-12,14,16-18H,3-4H2,1H3/t6-,9-,10+,11+,12-/m1/s1. The van der Waals surface area contributed by atoms with Gasteiger partial charge in [-0.05, 0) is 0 Å². The second kappa shape index (κ2) is 7.14. The zero-order chi connectivity index (χ0) is 15.6. The van der Waals surface area contributed by atoms with Crippen molar-refractivity contribution in [1.29, 1.82) is 0 Å². The summed E-state index contributed by atoms with van der Waals surface area (Å²) in [5.41, 5.74) is -0.787. The van der Waals surface area contributed by atoms with E-state index in [4.69, 9.17) is 9.84 Å². The van der Waals surface area contributed by atoms with Gasteiger partial charge in [0.2, 0.25) is 0 Å². The van der Waals surface area contributed by atoms with E-state index < -0.39 is 36.5 Å². The van der Waals surface area contributed by atoms with E-state index in [0.29, 0.717) is 15.6 Å². The maximum atomic E-state index is 11.2. The highest BCUT2D eigenvalue weighted by molar-refractivity contribution is 7.99. The van der Waals surface area contributed by atoms with Crippen LogP contribution in [-0.4, -0.2) is 67.7 Å². The molecular formula is C12H17NO6S2. The van der Waals surface area contributed by atoms with Crippen LogP contribution in [0.15, 0.2) is 6.20 Å². The number of carbonyl (C=O) groups is 1. The molecule has 4 N–H and O–H groups in total. The molecular weight excluding hydrogens is 318 g/mol. The van der Waals surface area contributed by atoms with Gasteiger partial charge in [-0.25, -0.2) is 4.98 Å². The Bertz CT molecular complexity index is 494. The summed E-state index contributed by atoms with van der Waals surface area (Å²) in [6, 6.07) is 0. The number of thiazole rings is 1. The van der Waals surface area contributed by atoms with Crippen molar-refractivity contribution in [1.82, 2.24) is 4.98 Å². The van der Waals surface area contributed by atoms with Crippen LogP contribution in [0, 0.1) is 0 Å². The van der Waals surface area contributed by atoms with Gasteiger partial charge in [-0.3, -0.25) is 4.79 Å². The van der Waals surface area contributed by atoms with Crippen molar-refractivity contribution in [3.05, 3.63) is 16.1 Å². The van der Waals surface area contributed by atoms with Crippen LogP contribution in [0.25, 0.3) is 0 Å². The summed E-state index contributed by atoms with van der Waals surface area (Å²) in [6.45, 7) is 1.01. The van der Waals surface area contributed by atoms with Gasteiger partial charge in [0.15, 0.2) is 5.78 Å². The second-order valence-electron chi connectivity index (χ2n) is 4.68. The fourth-order valence-electron chi connectivity index (χ4n) is 1.90. The number of hydrogen-bond acceptors (Lipinski definition) is 9. The highest BCUT2D eigenvalue weighted by atomic mass is 32.2. The van der Waals surface area contributed by atoms with Crippen molar-refractivity contribution in [2.45, 2.75) is 42.5 Å². The van der Waals surface area contributed by atoms with Crippen LogP contribution in [0.4, 0.5) is 0 Å². The summed E-state index contributed by atoms with van der Waals surface area (Å²) in [5, 5.41) is 39.0. The third kappa shape index (κ3) is 3.81. The predicted molar refractivity (Wildman–Crippen MR) is 77.2 cm³/mol. The molecule has 2 heterocycles. The lowest BCUT2D eigenvalue weighted by Crippen LogP contribution is -2.57. The fourth-order valence-corrected chi connectivity index (χ4v) is 3.91. The minimum Gasteiger partial charge on any atom is -0.394 e. The number of rotatable bonds is 5. The Morgan fingerprint density at radius 3 is 2.67 bits per heavy atom. The second-order valence-corrected chi connectivity index (χ2v) is 6.88. The largest absolute Gasteiger partial charge is 0.394 e. The quantitative estimate of drug-likeness (QED) is 0.526. The molecule has 1 aliphatic heterocycles. The number of thioether (sulfide) groups is 1. The van der Waals surface area contributed by atoms with Gasteiger partial charge in [0.1, 0.15) is 34.9 Å². The molecule has 118 valence electrons. The molecule has 7 nitrogen and oxygen atoms in total. The van der Waals surface area contributed by atoms with Gasteiger partial charge in [0.25, 0.3) is 0 Å². The minimum absolute atomic E-state index is 0.0587. The summed E-state index contributed by atoms with van der Waals surface area (Å²) < 4.78 is 5.37. The van der Waals surface area contributed by atoms with E-state index >= 15 is 0 Å². The van der Waals surface area contributed by atoms with E-state index in [1.807, 2.05) is 0 Å². The Hall–Kier alpha value is -0.550. The van der Waals surface area contributed by atoms with Gasteiger partial charge in [0.05, 0.1) is 11.5 Å². The first kappa shape index (κ1) is 16.8. The average Bonchev–Trinajstić information content (AvgIpc) is 2.93. The lowest BCUT2D eigenvalue weighted by atomic mass is 10.0. The molecule has 0 unspecified atom stereocenters. The average molecular weight is 335 g/mol. The monoisotopic (exact) mass is 335 g/mol. The van der Waals surface area contributed by atoms with Gasteiger partial charge < -0.3 is 25.2 Å². The first-order valence-corrected chi connectivity index (χ1v) is 8.18. The van der Waals surface area contributed by atoms with Crippen LogP contribution in [0.1, 0.15) is 21.6 Å². The van der Waals surface area contributed by atoms with Gasteiger partial charge in [0, 0.05) is 18.9 Å². The summed E-state index contributed by atoms with van der Waals surface area (Å²) in [4.78, 5) is 15.8. The van der Waals surface area contributed by atoms with Crippen LogP contribution < -0.4 is 0 Å². The Morgan fingerprint density at radius 1 is 1.38 bits per heavy atom. The molecule has 1 aromatic heterocycles. The smallest absolute Gasteiger partial charge is 0.171 e. The molecule has 1 fully saturated rings. The number of Topliss-reactive ketones (excluding diaryl/α,β-unsaturated/α-hetero) is 1. The third-order valence-corrected chi connectivity index (χ3v) is 5.56. The first-order valence-electron chi connectivity index (χ1n) is 6.31. The Balaban J connectivity index is 1.96. The van der Waals surface area contributed by atoms with E-state index in [2.05, 4.69) is 4.98 Å². The number of aliphatic hydroxyl groups is 4. The molecule has 0 radical (unpaired) electrons. The molecule has 0 aromatic carbocycles. The van der Waals surface area contributed by atoms with E-state index in [-0.39, 0.29) is 5.78 Å². The number of hydrogen-bond donors (Lipinski definition) is 4. The topological polar surface area (TPSA) is 120 Å². The Morgan fingerprint density at radius 2 is 2.10 bits per heavy atom. The lowest BCUT2D eigenvalue weighted by Gasteiger charge is -2.39.